The first-order valence-electron chi connectivity index (χ1n) is 11.1. The van der Waals surface area contributed by atoms with Gasteiger partial charge in [-0.3, -0.25) is 0 Å². The summed E-state index contributed by atoms with van der Waals surface area (Å²) in [7, 11) is 0. The van der Waals surface area contributed by atoms with Crippen LogP contribution in [-0.2, 0) is 23.1 Å². The summed E-state index contributed by atoms with van der Waals surface area (Å²) in [6.45, 7) is -0.461. The molecule has 0 fully saturated rings. The highest BCUT2D eigenvalue weighted by Gasteiger charge is 2.33. The van der Waals surface area contributed by atoms with Crippen molar-refractivity contribution in [2.24, 2.45) is 0 Å². The number of aliphatic carboxylic acids is 1. The average molecular weight is 528 g/mol. The molecule has 4 nitrogen and oxygen atoms in total. The molecule has 0 saturated heterocycles. The number of carboxylic acid groups (broad SMARTS) is 1. The SMILES string of the molecule is O=C(O)COc1cccc2c1CC(SCc1cccc(C(F)(F)F)c1)c1sc(-c3ccccc3)nc1-2. The molecule has 0 aliphatic heterocycles. The van der Waals surface area contributed by atoms with Crippen LogP contribution in [-0.4, -0.2) is 22.7 Å². The molecule has 1 atom stereocenters. The molecule has 0 spiro atoms. The van der Waals surface area contributed by atoms with Gasteiger partial charge in [-0.25, -0.2) is 9.78 Å². The van der Waals surface area contributed by atoms with E-state index in [-0.39, 0.29) is 5.25 Å². The Hall–Kier alpha value is -3.30. The summed E-state index contributed by atoms with van der Waals surface area (Å²) in [6, 6.07) is 20.7. The number of fused-ring (bicyclic) bond motifs is 3. The molecule has 4 aromatic rings. The van der Waals surface area contributed by atoms with Crippen LogP contribution in [0.4, 0.5) is 13.2 Å². The smallest absolute Gasteiger partial charge is 0.416 e. The lowest BCUT2D eigenvalue weighted by Gasteiger charge is -2.25. The van der Waals surface area contributed by atoms with Crippen LogP contribution in [0, 0.1) is 0 Å². The normalized spacial score (nSPS) is 14.7. The Kier molecular flexibility index (Phi) is 6.77. The third-order valence-corrected chi connectivity index (χ3v) is 8.47. The lowest BCUT2D eigenvalue weighted by molar-refractivity contribution is -0.139. The molecule has 1 aliphatic carbocycles. The van der Waals surface area contributed by atoms with Crippen molar-refractivity contribution in [1.82, 2.24) is 4.98 Å². The van der Waals surface area contributed by atoms with Crippen molar-refractivity contribution in [1.29, 1.82) is 0 Å². The van der Waals surface area contributed by atoms with Crippen molar-refractivity contribution in [3.63, 3.8) is 0 Å². The van der Waals surface area contributed by atoms with E-state index >= 15 is 0 Å². The number of hydrogen-bond acceptors (Lipinski definition) is 5. The first-order valence-corrected chi connectivity index (χ1v) is 13.0. The van der Waals surface area contributed by atoms with Gasteiger partial charge in [0.05, 0.1) is 11.3 Å². The zero-order valence-corrected chi connectivity index (χ0v) is 20.4. The largest absolute Gasteiger partial charge is 0.482 e. The molecule has 5 rings (SSSR count). The highest BCUT2D eigenvalue weighted by molar-refractivity contribution is 7.98. The number of rotatable bonds is 7. The molecule has 1 aliphatic rings. The standard InChI is InChI=1S/C27H20F3NO3S2/c28-27(29,30)18-9-4-6-16(12-18)15-35-22-13-20-19(10-5-11-21(20)34-14-23(32)33)24-25(22)36-26(31-24)17-7-2-1-3-8-17/h1-12,22H,13-15H2,(H,32,33). The second-order valence-corrected chi connectivity index (χ2v) is 10.5. The number of hydrogen-bond donors (Lipinski definition) is 1. The molecule has 1 heterocycles. The van der Waals surface area contributed by atoms with Crippen molar-refractivity contribution < 1.29 is 27.8 Å². The Morgan fingerprint density at radius 2 is 1.86 bits per heavy atom. The predicted molar refractivity (Wildman–Crippen MR) is 135 cm³/mol. The van der Waals surface area contributed by atoms with E-state index in [0.717, 1.165) is 38.3 Å². The molecule has 1 unspecified atom stereocenters. The number of alkyl halides is 3. The Balaban J connectivity index is 1.51. The topological polar surface area (TPSA) is 59.4 Å². The molecule has 1 N–H and O–H groups in total. The summed E-state index contributed by atoms with van der Waals surface area (Å²) in [5, 5.41) is 9.87. The Morgan fingerprint density at radius 1 is 1.08 bits per heavy atom. The predicted octanol–water partition coefficient (Wildman–Crippen LogP) is 7.49. The molecule has 36 heavy (non-hydrogen) atoms. The molecule has 9 heteroatoms. The van der Waals surface area contributed by atoms with Crippen molar-refractivity contribution in [3.8, 4) is 27.6 Å². The van der Waals surface area contributed by atoms with E-state index in [9.17, 15) is 18.0 Å². The van der Waals surface area contributed by atoms with Gasteiger partial charge in [0, 0.05) is 32.6 Å². The highest BCUT2D eigenvalue weighted by atomic mass is 32.2. The van der Waals surface area contributed by atoms with Gasteiger partial charge in [0.1, 0.15) is 10.8 Å². The monoisotopic (exact) mass is 527 g/mol. The summed E-state index contributed by atoms with van der Waals surface area (Å²) in [4.78, 5) is 17.1. The van der Waals surface area contributed by atoms with E-state index < -0.39 is 24.3 Å². The van der Waals surface area contributed by atoms with E-state index in [1.54, 1.807) is 35.2 Å². The number of carbonyl (C=O) groups is 1. The Bertz CT molecular complexity index is 1400. The van der Waals surface area contributed by atoms with E-state index in [4.69, 9.17) is 14.8 Å². The van der Waals surface area contributed by atoms with Crippen LogP contribution < -0.4 is 4.74 Å². The van der Waals surface area contributed by atoms with Crippen LogP contribution in [0.2, 0.25) is 0 Å². The van der Waals surface area contributed by atoms with Gasteiger partial charge >= 0.3 is 12.1 Å². The highest BCUT2D eigenvalue weighted by Crippen LogP contribution is 2.51. The molecular formula is C27H20F3NO3S2. The third kappa shape index (κ3) is 5.12. The van der Waals surface area contributed by atoms with Gasteiger partial charge in [0.25, 0.3) is 0 Å². The van der Waals surface area contributed by atoms with Gasteiger partial charge in [-0.2, -0.15) is 13.2 Å². The van der Waals surface area contributed by atoms with Gasteiger partial charge in [0.2, 0.25) is 0 Å². The van der Waals surface area contributed by atoms with Gasteiger partial charge in [-0.15, -0.1) is 23.1 Å². The van der Waals surface area contributed by atoms with Gasteiger partial charge in [0.15, 0.2) is 6.61 Å². The number of thioether (sulfide) groups is 1. The van der Waals surface area contributed by atoms with Crippen LogP contribution in [0.5, 0.6) is 5.75 Å². The number of nitrogens with zero attached hydrogens (tertiary/aromatic N) is 1. The van der Waals surface area contributed by atoms with Crippen molar-refractivity contribution in [2.75, 3.05) is 6.61 Å². The quantitative estimate of drug-likeness (QED) is 0.270. The summed E-state index contributed by atoms with van der Waals surface area (Å²) < 4.78 is 45.2. The summed E-state index contributed by atoms with van der Waals surface area (Å²) >= 11 is 3.13. The number of thiazole rings is 1. The number of benzene rings is 3. The van der Waals surface area contributed by atoms with Crippen LogP contribution in [0.1, 0.15) is 26.8 Å². The zero-order chi connectivity index (χ0) is 25.3. The first kappa shape index (κ1) is 24.4. The van der Waals surface area contributed by atoms with Crippen LogP contribution in [0.3, 0.4) is 0 Å². The van der Waals surface area contributed by atoms with Crippen LogP contribution in [0.15, 0.2) is 72.8 Å². The molecule has 3 aromatic carbocycles. The minimum Gasteiger partial charge on any atom is -0.482 e. The first-order chi connectivity index (χ1) is 17.3. The summed E-state index contributed by atoms with van der Waals surface area (Å²) in [5.74, 6) is -0.195. The fraction of sp³-hybridized carbons (Fsp3) is 0.185. The van der Waals surface area contributed by atoms with Crippen LogP contribution >= 0.6 is 23.1 Å². The molecule has 0 saturated carbocycles. The number of aromatic nitrogens is 1. The number of carboxylic acids is 1. The molecule has 0 radical (unpaired) electrons. The van der Waals surface area contributed by atoms with E-state index in [2.05, 4.69) is 0 Å². The maximum atomic E-state index is 13.2. The van der Waals surface area contributed by atoms with Crippen molar-refractivity contribution in [3.05, 3.63) is 94.4 Å². The van der Waals surface area contributed by atoms with E-state index in [1.807, 2.05) is 42.5 Å². The Morgan fingerprint density at radius 3 is 2.61 bits per heavy atom. The summed E-state index contributed by atoms with van der Waals surface area (Å²) in [6.07, 6.45) is -3.84. The van der Waals surface area contributed by atoms with E-state index in [1.165, 1.54) is 12.1 Å². The van der Waals surface area contributed by atoms with Crippen molar-refractivity contribution >= 4 is 29.1 Å². The molecule has 0 amide bonds. The van der Waals surface area contributed by atoms with Crippen LogP contribution in [0.25, 0.3) is 21.8 Å². The zero-order valence-electron chi connectivity index (χ0n) is 18.8. The van der Waals surface area contributed by atoms with Crippen molar-refractivity contribution in [2.45, 2.75) is 23.6 Å². The average Bonchev–Trinajstić information content (AvgIpc) is 3.32. The second-order valence-electron chi connectivity index (χ2n) is 8.26. The molecule has 184 valence electrons. The van der Waals surface area contributed by atoms with Gasteiger partial charge in [-0.1, -0.05) is 60.7 Å². The molecule has 0 bridgehead atoms. The fourth-order valence-corrected chi connectivity index (χ4v) is 6.70. The van der Waals surface area contributed by atoms with Gasteiger partial charge < -0.3 is 9.84 Å². The number of halogens is 3. The number of ether oxygens (including phenoxy) is 1. The third-order valence-electron chi connectivity index (χ3n) is 5.80. The molecule has 1 aromatic heterocycles. The Labute approximate surface area is 213 Å². The fourth-order valence-electron chi connectivity index (χ4n) is 4.17. The minimum absolute atomic E-state index is 0.0772. The maximum absolute atomic E-state index is 13.2. The molecular weight excluding hydrogens is 507 g/mol. The minimum atomic E-state index is -4.39. The maximum Gasteiger partial charge on any atom is 0.416 e. The lowest BCUT2D eigenvalue weighted by atomic mass is 9.92. The van der Waals surface area contributed by atoms with Gasteiger partial charge in [-0.05, 0) is 24.1 Å². The second kappa shape index (κ2) is 9.99. The van der Waals surface area contributed by atoms with E-state index in [0.29, 0.717) is 23.5 Å². The lowest BCUT2D eigenvalue weighted by Crippen LogP contribution is -2.13. The summed E-state index contributed by atoms with van der Waals surface area (Å²) in [5.41, 5.74) is 3.47.